The summed E-state index contributed by atoms with van der Waals surface area (Å²) in [5.74, 6) is -4.63. The Bertz CT molecular complexity index is 1340. The van der Waals surface area contributed by atoms with Gasteiger partial charge in [0.25, 0.3) is 0 Å². The Labute approximate surface area is 265 Å². The molecule has 2 aliphatic carbocycles. The number of aliphatic carboxylic acids is 2. The number of aromatic nitrogens is 1. The van der Waals surface area contributed by atoms with Crippen molar-refractivity contribution < 1.29 is 44.0 Å². The van der Waals surface area contributed by atoms with Crippen LogP contribution < -0.4 is 16.4 Å². The third-order valence-electron chi connectivity index (χ3n) is 8.30. The molecule has 7 N–H and O–H groups in total. The zero-order chi connectivity index (χ0) is 32.5. The van der Waals surface area contributed by atoms with Crippen molar-refractivity contribution in [1.82, 2.24) is 15.6 Å². The molecule has 2 amide bonds. The fourth-order valence-electron chi connectivity index (χ4n) is 5.99. The highest BCUT2D eigenvalue weighted by Gasteiger charge is 2.44. The first-order valence-electron chi connectivity index (χ1n) is 15.2. The van der Waals surface area contributed by atoms with Crippen LogP contribution in [0, 0.1) is 11.8 Å². The number of nitrogens with two attached hydrogens (primary N) is 1. The maximum atomic E-state index is 13.3. The fourth-order valence-corrected chi connectivity index (χ4v) is 7.32. The van der Waals surface area contributed by atoms with Crippen LogP contribution in [0.5, 0.6) is 0 Å². The van der Waals surface area contributed by atoms with E-state index in [-0.39, 0.29) is 35.7 Å². The van der Waals surface area contributed by atoms with Crippen LogP contribution in [0.2, 0.25) is 0 Å². The Kier molecular flexibility index (Phi) is 12.1. The lowest BCUT2D eigenvalue weighted by Gasteiger charge is -2.30. The highest BCUT2D eigenvalue weighted by atomic mass is 32.2. The molecule has 1 aliphatic heterocycles. The second-order valence-electron chi connectivity index (χ2n) is 11.6. The van der Waals surface area contributed by atoms with E-state index in [0.717, 1.165) is 56.1 Å². The largest absolute Gasteiger partial charge is 0.480 e. The Balaban J connectivity index is 1.55. The summed E-state index contributed by atoms with van der Waals surface area (Å²) in [4.78, 5) is 65.1. The molecule has 0 bridgehead atoms. The van der Waals surface area contributed by atoms with Gasteiger partial charge in [0, 0.05) is 24.6 Å². The molecule has 244 valence electrons. The normalized spacial score (nSPS) is 23.5. The van der Waals surface area contributed by atoms with Crippen molar-refractivity contribution in [1.29, 1.82) is 0 Å². The molecule has 3 aliphatic rings. The van der Waals surface area contributed by atoms with Crippen LogP contribution in [0.25, 0.3) is 0 Å². The van der Waals surface area contributed by atoms with Gasteiger partial charge in [-0.3, -0.25) is 24.2 Å². The molecule has 0 aromatic carbocycles. The smallest absolute Gasteiger partial charge is 0.353 e. The van der Waals surface area contributed by atoms with Crippen molar-refractivity contribution in [3.63, 3.8) is 0 Å². The Hall–Kier alpha value is -3.75. The predicted molar refractivity (Wildman–Crippen MR) is 163 cm³/mol. The number of nitrogens with one attached hydrogen (secondary N) is 2. The summed E-state index contributed by atoms with van der Waals surface area (Å²) in [6.45, 7) is 0. The van der Waals surface area contributed by atoms with Gasteiger partial charge in [0.2, 0.25) is 18.0 Å². The van der Waals surface area contributed by atoms with Gasteiger partial charge in [-0.25, -0.2) is 4.79 Å². The van der Waals surface area contributed by atoms with Gasteiger partial charge in [0.05, 0.1) is 5.25 Å². The SMILES string of the molecule is N[C@@H](CCC(=O)N[C@@H](CS[C@@H]1CCCCCC[C@H]2CC(Cc3ccncc3)=C[C@H]3C(=O)OC1=C23)C(=O)N[C@@H](O)C(=O)O)C(=O)O. The lowest BCUT2D eigenvalue weighted by atomic mass is 9.74. The Morgan fingerprint density at radius 1 is 1.04 bits per heavy atom. The Morgan fingerprint density at radius 3 is 2.44 bits per heavy atom. The second-order valence-corrected chi connectivity index (χ2v) is 12.9. The molecule has 6 atom stereocenters. The van der Waals surface area contributed by atoms with Gasteiger partial charge in [0.15, 0.2) is 0 Å². The number of hydrogen-bond acceptors (Lipinski definition) is 10. The van der Waals surface area contributed by atoms with E-state index < -0.39 is 48.0 Å². The van der Waals surface area contributed by atoms with E-state index in [1.807, 2.05) is 23.5 Å². The standard InChI is InChI=1S/C31H40N4O9S/c32-21(29(39)40)7-8-24(36)34-22(27(37)35-28(38)30(41)42)16-45-23-6-4-2-1-3-5-19-14-18(13-17-9-11-33-12-10-17)15-20-25(19)26(23)44-31(20)43/h9-12,15,19-23,28,38H,1-8,13-14,16,32H2,(H,34,36)(H,35,37)(H,39,40)(H,41,42)/t19-,20+,21-,22-,23+,28-/m0/s1. The van der Waals surface area contributed by atoms with Gasteiger partial charge < -0.3 is 36.4 Å². The summed E-state index contributed by atoms with van der Waals surface area (Å²) in [7, 11) is 0. The van der Waals surface area contributed by atoms with Crippen molar-refractivity contribution in [2.24, 2.45) is 17.6 Å². The van der Waals surface area contributed by atoms with Crippen LogP contribution in [0.15, 0.2) is 47.5 Å². The topological polar surface area (TPSA) is 218 Å². The summed E-state index contributed by atoms with van der Waals surface area (Å²) < 4.78 is 5.97. The van der Waals surface area contributed by atoms with Gasteiger partial charge in [-0.2, -0.15) is 0 Å². The van der Waals surface area contributed by atoms with Crippen LogP contribution >= 0.6 is 11.8 Å². The summed E-state index contributed by atoms with van der Waals surface area (Å²) in [6.07, 6.45) is 9.92. The van der Waals surface area contributed by atoms with Gasteiger partial charge in [-0.05, 0) is 61.3 Å². The summed E-state index contributed by atoms with van der Waals surface area (Å²) in [6, 6.07) is 1.40. The van der Waals surface area contributed by atoms with Crippen LogP contribution in [-0.4, -0.2) is 79.3 Å². The second kappa shape index (κ2) is 16.0. The number of ether oxygens (including phenoxy) is 1. The van der Waals surface area contributed by atoms with E-state index in [4.69, 9.17) is 20.7 Å². The number of amides is 2. The number of thioether (sulfide) groups is 1. The zero-order valence-electron chi connectivity index (χ0n) is 24.9. The highest BCUT2D eigenvalue weighted by molar-refractivity contribution is 8.00. The number of carbonyl (C=O) groups is 5. The lowest BCUT2D eigenvalue weighted by Crippen LogP contribution is -2.53. The number of nitrogens with zero attached hydrogens (tertiary/aromatic N) is 1. The molecule has 0 fully saturated rings. The highest BCUT2D eigenvalue weighted by Crippen LogP contribution is 2.47. The van der Waals surface area contributed by atoms with Crippen LogP contribution in [0.3, 0.4) is 0 Å². The first kappa shape index (κ1) is 34.1. The first-order valence-corrected chi connectivity index (χ1v) is 16.2. The molecule has 0 spiro atoms. The van der Waals surface area contributed by atoms with E-state index in [1.165, 1.54) is 17.3 Å². The van der Waals surface area contributed by atoms with Crippen molar-refractivity contribution in [3.8, 4) is 0 Å². The number of allylic oxidation sites excluding steroid dienone is 1. The fraction of sp³-hybridized carbons (Fsp3) is 0.548. The molecule has 0 saturated carbocycles. The zero-order valence-corrected chi connectivity index (χ0v) is 25.7. The number of carbonyl (C=O) groups excluding carboxylic acids is 3. The monoisotopic (exact) mass is 644 g/mol. The summed E-state index contributed by atoms with van der Waals surface area (Å²) >= 11 is 1.31. The summed E-state index contributed by atoms with van der Waals surface area (Å²) in [5, 5.41) is 32.0. The molecule has 0 unspecified atom stereocenters. The molecule has 0 radical (unpaired) electrons. The van der Waals surface area contributed by atoms with Gasteiger partial charge in [-0.15, -0.1) is 11.8 Å². The third kappa shape index (κ3) is 9.38. The van der Waals surface area contributed by atoms with Gasteiger partial charge >= 0.3 is 17.9 Å². The molecule has 13 nitrogen and oxygen atoms in total. The molecule has 4 rings (SSSR count). The molecule has 14 heteroatoms. The van der Waals surface area contributed by atoms with Crippen LogP contribution in [0.4, 0.5) is 0 Å². The number of carboxylic acid groups (broad SMARTS) is 2. The van der Waals surface area contributed by atoms with E-state index in [9.17, 15) is 29.1 Å². The van der Waals surface area contributed by atoms with Crippen LogP contribution in [-0.2, 0) is 35.1 Å². The van der Waals surface area contributed by atoms with Crippen molar-refractivity contribution in [2.45, 2.75) is 87.8 Å². The number of pyridine rings is 1. The third-order valence-corrected chi connectivity index (χ3v) is 9.68. The number of carboxylic acids is 2. The number of hydrogen-bond donors (Lipinski definition) is 6. The molecule has 45 heavy (non-hydrogen) atoms. The Morgan fingerprint density at radius 2 is 1.76 bits per heavy atom. The molecule has 0 saturated heterocycles. The molecular weight excluding hydrogens is 604 g/mol. The van der Waals surface area contributed by atoms with Crippen molar-refractivity contribution >= 4 is 41.5 Å². The van der Waals surface area contributed by atoms with E-state index in [2.05, 4.69) is 10.3 Å². The lowest BCUT2D eigenvalue weighted by molar-refractivity contribution is -0.151. The predicted octanol–water partition coefficient (Wildman–Crippen LogP) is 1.65. The minimum absolute atomic E-state index is 0.0215. The molecule has 1 aromatic heterocycles. The van der Waals surface area contributed by atoms with Gasteiger partial charge in [-0.1, -0.05) is 37.3 Å². The van der Waals surface area contributed by atoms with Gasteiger partial charge in [0.1, 0.15) is 23.8 Å². The summed E-state index contributed by atoms with van der Waals surface area (Å²) in [5.41, 5.74) is 8.77. The number of aliphatic hydroxyl groups excluding tert-OH is 1. The molecular formula is C31H40N4O9S. The van der Waals surface area contributed by atoms with E-state index in [0.29, 0.717) is 12.2 Å². The maximum Gasteiger partial charge on any atom is 0.353 e. The molecule has 1 aromatic rings. The molecule has 2 heterocycles. The van der Waals surface area contributed by atoms with Crippen molar-refractivity contribution in [2.75, 3.05) is 5.75 Å². The number of rotatable bonds is 13. The number of aliphatic hydroxyl groups is 1. The van der Waals surface area contributed by atoms with Crippen molar-refractivity contribution in [3.05, 3.63) is 53.1 Å². The quantitative estimate of drug-likeness (QED) is 0.103. The average Bonchev–Trinajstić information content (AvgIpc) is 3.34. The minimum atomic E-state index is -2.19. The maximum absolute atomic E-state index is 13.3. The van der Waals surface area contributed by atoms with E-state index in [1.54, 1.807) is 12.4 Å². The minimum Gasteiger partial charge on any atom is -0.480 e. The number of esters is 1. The average molecular weight is 645 g/mol. The first-order chi connectivity index (χ1) is 21.5. The van der Waals surface area contributed by atoms with E-state index >= 15 is 0 Å². The van der Waals surface area contributed by atoms with Crippen LogP contribution in [0.1, 0.15) is 63.4 Å².